The maximum atomic E-state index is 5.35. The van der Waals surface area contributed by atoms with Gasteiger partial charge in [0.05, 0.1) is 24.4 Å². The summed E-state index contributed by atoms with van der Waals surface area (Å²) >= 11 is 1.69. The van der Waals surface area contributed by atoms with Crippen molar-refractivity contribution < 1.29 is 4.74 Å². The molecular weight excluding hydrogens is 485 g/mol. The topological polar surface area (TPSA) is 53.0 Å². The molecule has 0 aliphatic carbocycles. The minimum Gasteiger partial charge on any atom is -0.497 e. The molecule has 0 radical (unpaired) electrons. The minimum atomic E-state index is 0. The van der Waals surface area contributed by atoms with Gasteiger partial charge in [-0.2, -0.15) is 0 Å². The molecule has 1 N–H and O–H groups in total. The molecule has 1 aliphatic rings. The third-order valence-electron chi connectivity index (χ3n) is 4.89. The molecule has 1 atom stereocenters. The molecule has 2 aromatic rings. The van der Waals surface area contributed by atoms with E-state index in [-0.39, 0.29) is 24.0 Å². The van der Waals surface area contributed by atoms with Crippen LogP contribution < -0.4 is 15.0 Å². The lowest BCUT2D eigenvalue weighted by Crippen LogP contribution is -2.41. The molecule has 1 saturated heterocycles. The predicted octanol–water partition coefficient (Wildman–Crippen LogP) is 3.61. The summed E-state index contributed by atoms with van der Waals surface area (Å²) in [7, 11) is 5.61. The molecule has 0 amide bonds. The van der Waals surface area contributed by atoms with Crippen molar-refractivity contribution in [3.8, 4) is 5.75 Å². The molecule has 154 valence electrons. The fraction of sp³-hybridized carbons (Fsp3) is 0.500. The van der Waals surface area contributed by atoms with Crippen molar-refractivity contribution in [2.75, 3.05) is 45.7 Å². The fourth-order valence-electron chi connectivity index (χ4n) is 3.46. The first kappa shape index (κ1) is 22.7. The average Bonchev–Trinajstić information content (AvgIpc) is 3.31. The van der Waals surface area contributed by atoms with E-state index in [9.17, 15) is 0 Å². The van der Waals surface area contributed by atoms with Crippen molar-refractivity contribution in [3.63, 3.8) is 0 Å². The second-order valence-corrected chi connectivity index (χ2v) is 8.01. The highest BCUT2D eigenvalue weighted by Gasteiger charge is 2.23. The maximum Gasteiger partial charge on any atom is 0.193 e. The zero-order chi connectivity index (χ0) is 19.2. The van der Waals surface area contributed by atoms with Crippen LogP contribution in [0.5, 0.6) is 5.75 Å². The van der Waals surface area contributed by atoms with Gasteiger partial charge in [-0.25, -0.2) is 4.98 Å². The number of aryl methyl sites for hydroxylation is 1. The van der Waals surface area contributed by atoms with E-state index in [0.717, 1.165) is 48.6 Å². The molecule has 6 nitrogen and oxygen atoms in total. The van der Waals surface area contributed by atoms with E-state index in [1.807, 2.05) is 20.0 Å². The number of hydrogen-bond donors (Lipinski definition) is 1. The van der Waals surface area contributed by atoms with E-state index < -0.39 is 0 Å². The van der Waals surface area contributed by atoms with Crippen LogP contribution in [0.25, 0.3) is 0 Å². The first-order chi connectivity index (χ1) is 13.1. The summed E-state index contributed by atoms with van der Waals surface area (Å²) in [6.45, 7) is 5.85. The van der Waals surface area contributed by atoms with Crippen LogP contribution in [0.2, 0.25) is 0 Å². The lowest BCUT2D eigenvalue weighted by Gasteiger charge is -2.23. The smallest absolute Gasteiger partial charge is 0.193 e. The Bertz CT molecular complexity index is 781. The first-order valence-corrected chi connectivity index (χ1v) is 10.2. The number of rotatable bonds is 6. The van der Waals surface area contributed by atoms with Crippen LogP contribution in [-0.4, -0.2) is 56.7 Å². The summed E-state index contributed by atoms with van der Waals surface area (Å²) in [6.07, 6.45) is 1.18. The lowest BCUT2D eigenvalue weighted by atomic mass is 10.1. The number of hydrogen-bond acceptors (Lipinski definition) is 5. The van der Waals surface area contributed by atoms with Gasteiger partial charge in [0, 0.05) is 50.9 Å². The number of nitrogens with zero attached hydrogens (tertiary/aromatic N) is 4. The lowest BCUT2D eigenvalue weighted by molar-refractivity contribution is 0.415. The van der Waals surface area contributed by atoms with Crippen molar-refractivity contribution in [1.82, 2.24) is 15.2 Å². The first-order valence-electron chi connectivity index (χ1n) is 9.31. The molecule has 1 aromatic carbocycles. The molecule has 1 fully saturated rings. The van der Waals surface area contributed by atoms with Gasteiger partial charge >= 0.3 is 0 Å². The number of anilines is 1. The predicted molar refractivity (Wildman–Crippen MR) is 128 cm³/mol. The monoisotopic (exact) mass is 515 g/mol. The van der Waals surface area contributed by atoms with E-state index in [1.54, 1.807) is 18.4 Å². The standard InChI is InChI=1S/C20H29N5OS.HI/c1-15-23-17(14-27-15)13-24(3)20(21-2)22-11-16-8-9-25(12-16)18-6-5-7-19(10-18)26-4;/h5-7,10,14,16H,8-9,11-13H2,1-4H3,(H,21,22);1H. The summed E-state index contributed by atoms with van der Waals surface area (Å²) < 4.78 is 5.35. The average molecular weight is 515 g/mol. The zero-order valence-corrected chi connectivity index (χ0v) is 20.2. The van der Waals surface area contributed by atoms with Crippen molar-refractivity contribution >= 4 is 47.0 Å². The zero-order valence-electron chi connectivity index (χ0n) is 17.0. The van der Waals surface area contributed by atoms with Crippen molar-refractivity contribution in [3.05, 3.63) is 40.3 Å². The number of ether oxygens (including phenoxy) is 1. The highest BCUT2D eigenvalue weighted by Crippen LogP contribution is 2.26. The molecule has 8 heteroatoms. The van der Waals surface area contributed by atoms with E-state index in [2.05, 4.69) is 55.7 Å². The Morgan fingerprint density at radius 2 is 2.29 bits per heavy atom. The third-order valence-corrected chi connectivity index (χ3v) is 5.71. The van der Waals surface area contributed by atoms with E-state index >= 15 is 0 Å². The van der Waals surface area contributed by atoms with E-state index in [4.69, 9.17) is 4.74 Å². The Balaban J connectivity index is 0.00000280. The van der Waals surface area contributed by atoms with Crippen LogP contribution in [0.15, 0.2) is 34.6 Å². The molecule has 28 heavy (non-hydrogen) atoms. The van der Waals surface area contributed by atoms with Crippen LogP contribution >= 0.6 is 35.3 Å². The van der Waals surface area contributed by atoms with Gasteiger partial charge in [-0.1, -0.05) is 6.07 Å². The van der Waals surface area contributed by atoms with Crippen LogP contribution in [0.3, 0.4) is 0 Å². The number of methoxy groups -OCH3 is 1. The molecule has 1 aromatic heterocycles. The third kappa shape index (κ3) is 5.97. The number of aliphatic imine (C=N–C) groups is 1. The minimum absolute atomic E-state index is 0. The molecule has 2 heterocycles. The van der Waals surface area contributed by atoms with Crippen LogP contribution in [0.1, 0.15) is 17.1 Å². The summed E-state index contributed by atoms with van der Waals surface area (Å²) in [5, 5.41) is 6.75. The van der Waals surface area contributed by atoms with Crippen molar-refractivity contribution in [2.24, 2.45) is 10.9 Å². The fourth-order valence-corrected chi connectivity index (χ4v) is 4.06. The molecule has 1 aliphatic heterocycles. The Hall–Kier alpha value is -1.55. The molecule has 0 saturated carbocycles. The molecule has 0 bridgehead atoms. The summed E-state index contributed by atoms with van der Waals surface area (Å²) in [5.74, 6) is 2.43. The van der Waals surface area contributed by atoms with Crippen LogP contribution in [0, 0.1) is 12.8 Å². The van der Waals surface area contributed by atoms with Gasteiger partial charge in [-0.15, -0.1) is 35.3 Å². The Labute approximate surface area is 189 Å². The number of thiazole rings is 1. The SMILES string of the molecule is CN=C(NCC1CCN(c2cccc(OC)c2)C1)N(C)Cc1csc(C)n1.I. The highest BCUT2D eigenvalue weighted by atomic mass is 127. The number of benzene rings is 1. The quantitative estimate of drug-likeness (QED) is 0.362. The van der Waals surface area contributed by atoms with Crippen molar-refractivity contribution in [2.45, 2.75) is 19.9 Å². The van der Waals surface area contributed by atoms with Gasteiger partial charge < -0.3 is 19.9 Å². The Morgan fingerprint density at radius 1 is 1.46 bits per heavy atom. The van der Waals surface area contributed by atoms with E-state index in [1.165, 1.54) is 12.1 Å². The summed E-state index contributed by atoms with van der Waals surface area (Å²) in [5.41, 5.74) is 2.32. The summed E-state index contributed by atoms with van der Waals surface area (Å²) in [6, 6.07) is 8.30. The Morgan fingerprint density at radius 3 is 2.96 bits per heavy atom. The number of aromatic nitrogens is 1. The van der Waals surface area contributed by atoms with Crippen LogP contribution in [-0.2, 0) is 6.54 Å². The number of nitrogens with one attached hydrogen (secondary N) is 1. The second-order valence-electron chi connectivity index (χ2n) is 6.94. The highest BCUT2D eigenvalue weighted by molar-refractivity contribution is 14.0. The normalized spacial score (nSPS) is 16.6. The van der Waals surface area contributed by atoms with Gasteiger partial charge in [-0.3, -0.25) is 4.99 Å². The Kier molecular flexibility index (Phi) is 8.81. The van der Waals surface area contributed by atoms with Gasteiger partial charge in [0.15, 0.2) is 5.96 Å². The summed E-state index contributed by atoms with van der Waals surface area (Å²) in [4.78, 5) is 13.5. The molecule has 3 rings (SSSR count). The van der Waals surface area contributed by atoms with Gasteiger partial charge in [0.2, 0.25) is 0 Å². The van der Waals surface area contributed by atoms with Crippen LogP contribution in [0.4, 0.5) is 5.69 Å². The molecule has 0 spiro atoms. The van der Waals surface area contributed by atoms with Gasteiger partial charge in [0.1, 0.15) is 5.75 Å². The largest absolute Gasteiger partial charge is 0.497 e. The molecular formula is C20H30IN5OS. The maximum absolute atomic E-state index is 5.35. The molecule has 1 unspecified atom stereocenters. The van der Waals surface area contributed by atoms with E-state index in [0.29, 0.717) is 5.92 Å². The van der Waals surface area contributed by atoms with Gasteiger partial charge in [-0.05, 0) is 31.4 Å². The second kappa shape index (κ2) is 10.8. The van der Waals surface area contributed by atoms with Gasteiger partial charge in [0.25, 0.3) is 0 Å². The number of halogens is 1. The number of guanidine groups is 1. The van der Waals surface area contributed by atoms with Crippen molar-refractivity contribution in [1.29, 1.82) is 0 Å².